The van der Waals surface area contributed by atoms with Crippen molar-refractivity contribution >= 4 is 11.8 Å². The lowest BCUT2D eigenvalue weighted by Gasteiger charge is -2.16. The maximum absolute atomic E-state index is 11.1. The van der Waals surface area contributed by atoms with Crippen molar-refractivity contribution in [3.63, 3.8) is 0 Å². The molecule has 0 amide bonds. The fraction of sp³-hybridized carbons (Fsp3) is 0.250. The van der Waals surface area contributed by atoms with E-state index in [9.17, 15) is 4.79 Å². The Morgan fingerprint density at radius 1 is 1.29 bits per heavy atom. The van der Waals surface area contributed by atoms with Crippen LogP contribution in [0, 0.1) is 6.92 Å². The van der Waals surface area contributed by atoms with Gasteiger partial charge in [0.15, 0.2) is 0 Å². The number of carboxylic acid groups (broad SMARTS) is 1. The summed E-state index contributed by atoms with van der Waals surface area (Å²) >= 11 is 0. The molecule has 0 aliphatic rings. The summed E-state index contributed by atoms with van der Waals surface area (Å²) in [5.74, 6) is 0.393. The Morgan fingerprint density at radius 3 is 2.52 bits per heavy atom. The molecule has 2 N–H and O–H groups in total. The lowest BCUT2D eigenvalue weighted by atomic mass is 10.1. The quantitative estimate of drug-likeness (QED) is 0.882. The molecular formula is C16H18N2O3. The van der Waals surface area contributed by atoms with Crippen molar-refractivity contribution < 1.29 is 14.6 Å². The molecule has 0 radical (unpaired) electrons. The maximum Gasteiger partial charge on any atom is 0.335 e. The fourth-order valence-corrected chi connectivity index (χ4v) is 2.06. The average molecular weight is 286 g/mol. The molecule has 21 heavy (non-hydrogen) atoms. The first-order chi connectivity index (χ1) is 9.99. The van der Waals surface area contributed by atoms with Crippen molar-refractivity contribution in [2.75, 3.05) is 12.4 Å². The van der Waals surface area contributed by atoms with Crippen molar-refractivity contribution in [2.45, 2.75) is 19.9 Å². The Kier molecular flexibility index (Phi) is 4.42. The number of carbonyl (C=O) groups is 1. The van der Waals surface area contributed by atoms with Gasteiger partial charge in [-0.3, -0.25) is 0 Å². The van der Waals surface area contributed by atoms with Crippen LogP contribution in [0.2, 0.25) is 0 Å². The van der Waals surface area contributed by atoms with Crippen LogP contribution in [0.5, 0.6) is 5.75 Å². The average Bonchev–Trinajstić information content (AvgIpc) is 2.46. The SMILES string of the molecule is COc1ccc(C(C)Nc2cc(C(=O)O)cc(C)n2)cc1. The highest BCUT2D eigenvalue weighted by atomic mass is 16.5. The summed E-state index contributed by atoms with van der Waals surface area (Å²) in [6, 6.07) is 10.8. The van der Waals surface area contributed by atoms with Gasteiger partial charge in [0.2, 0.25) is 0 Å². The zero-order valence-corrected chi connectivity index (χ0v) is 12.3. The number of hydrogen-bond donors (Lipinski definition) is 2. The van der Waals surface area contributed by atoms with Crippen LogP contribution < -0.4 is 10.1 Å². The maximum atomic E-state index is 11.1. The highest BCUT2D eigenvalue weighted by Crippen LogP contribution is 2.21. The smallest absolute Gasteiger partial charge is 0.335 e. The number of aromatic nitrogens is 1. The zero-order valence-electron chi connectivity index (χ0n) is 12.3. The minimum atomic E-state index is -0.958. The van der Waals surface area contributed by atoms with Gasteiger partial charge in [0.1, 0.15) is 11.6 Å². The number of carboxylic acids is 1. The molecule has 0 saturated carbocycles. The molecule has 1 aromatic carbocycles. The van der Waals surface area contributed by atoms with Crippen LogP contribution in [0.1, 0.15) is 34.6 Å². The zero-order chi connectivity index (χ0) is 15.4. The predicted molar refractivity (Wildman–Crippen MR) is 81.0 cm³/mol. The summed E-state index contributed by atoms with van der Waals surface area (Å²) in [6.45, 7) is 3.77. The molecule has 0 aliphatic carbocycles. The molecule has 1 unspecified atom stereocenters. The number of anilines is 1. The summed E-state index contributed by atoms with van der Waals surface area (Å²) in [4.78, 5) is 15.4. The number of ether oxygens (including phenoxy) is 1. The number of benzene rings is 1. The van der Waals surface area contributed by atoms with Crippen molar-refractivity contribution in [3.05, 3.63) is 53.2 Å². The minimum absolute atomic E-state index is 0.00634. The Bertz CT molecular complexity index is 638. The minimum Gasteiger partial charge on any atom is -0.497 e. The first-order valence-electron chi connectivity index (χ1n) is 6.62. The molecule has 5 heteroatoms. The van der Waals surface area contributed by atoms with E-state index in [0.29, 0.717) is 11.5 Å². The standard InChI is InChI=1S/C16H18N2O3/c1-10-8-13(16(19)20)9-15(17-10)18-11(2)12-4-6-14(21-3)7-5-12/h4-9,11H,1-3H3,(H,17,18)(H,19,20). The van der Waals surface area contributed by atoms with Gasteiger partial charge in [0, 0.05) is 11.7 Å². The number of pyridine rings is 1. The van der Waals surface area contributed by atoms with Crippen molar-refractivity contribution in [3.8, 4) is 5.75 Å². The number of rotatable bonds is 5. The van der Waals surface area contributed by atoms with E-state index in [-0.39, 0.29) is 11.6 Å². The fourth-order valence-electron chi connectivity index (χ4n) is 2.06. The molecule has 110 valence electrons. The molecule has 0 aliphatic heterocycles. The summed E-state index contributed by atoms with van der Waals surface area (Å²) in [5.41, 5.74) is 1.96. The van der Waals surface area contributed by atoms with E-state index >= 15 is 0 Å². The first kappa shape index (κ1) is 14.8. The first-order valence-corrected chi connectivity index (χ1v) is 6.62. The predicted octanol–water partition coefficient (Wildman–Crippen LogP) is 3.27. The second kappa shape index (κ2) is 6.26. The van der Waals surface area contributed by atoms with Gasteiger partial charge >= 0.3 is 5.97 Å². The van der Waals surface area contributed by atoms with Crippen LogP contribution in [0.25, 0.3) is 0 Å². The summed E-state index contributed by atoms with van der Waals surface area (Å²) in [7, 11) is 1.63. The third kappa shape index (κ3) is 3.72. The van der Waals surface area contributed by atoms with Crippen LogP contribution in [0.3, 0.4) is 0 Å². The molecule has 1 aromatic heterocycles. The number of aryl methyl sites for hydroxylation is 1. The largest absolute Gasteiger partial charge is 0.497 e. The molecule has 0 fully saturated rings. The lowest BCUT2D eigenvalue weighted by Crippen LogP contribution is -2.09. The van der Waals surface area contributed by atoms with Gasteiger partial charge < -0.3 is 15.2 Å². The molecule has 1 atom stereocenters. The van der Waals surface area contributed by atoms with Gasteiger partial charge in [-0.05, 0) is 43.7 Å². The van der Waals surface area contributed by atoms with Gasteiger partial charge in [-0.25, -0.2) is 9.78 Å². The molecular weight excluding hydrogens is 268 g/mol. The molecule has 0 saturated heterocycles. The molecule has 2 rings (SSSR count). The Labute approximate surface area is 123 Å². The summed E-state index contributed by atoms with van der Waals surface area (Å²) in [6.07, 6.45) is 0. The number of aromatic carboxylic acids is 1. The van der Waals surface area contributed by atoms with E-state index in [1.165, 1.54) is 6.07 Å². The number of methoxy groups -OCH3 is 1. The van der Waals surface area contributed by atoms with Crippen molar-refractivity contribution in [1.82, 2.24) is 4.98 Å². The highest BCUT2D eigenvalue weighted by Gasteiger charge is 2.10. The van der Waals surface area contributed by atoms with Gasteiger partial charge in [0.25, 0.3) is 0 Å². The molecule has 1 heterocycles. The van der Waals surface area contributed by atoms with Crippen LogP contribution in [0.4, 0.5) is 5.82 Å². The van der Waals surface area contributed by atoms with Crippen LogP contribution in [-0.4, -0.2) is 23.2 Å². The van der Waals surface area contributed by atoms with Crippen molar-refractivity contribution in [2.24, 2.45) is 0 Å². The third-order valence-corrected chi connectivity index (χ3v) is 3.18. The Hall–Kier alpha value is -2.56. The monoisotopic (exact) mass is 286 g/mol. The van der Waals surface area contributed by atoms with E-state index < -0.39 is 5.97 Å². The molecule has 0 bridgehead atoms. The second-order valence-electron chi connectivity index (χ2n) is 4.83. The van der Waals surface area contributed by atoms with Crippen LogP contribution >= 0.6 is 0 Å². The van der Waals surface area contributed by atoms with E-state index in [1.807, 2.05) is 31.2 Å². The second-order valence-corrected chi connectivity index (χ2v) is 4.83. The van der Waals surface area contributed by atoms with Crippen molar-refractivity contribution in [1.29, 1.82) is 0 Å². The van der Waals surface area contributed by atoms with E-state index in [2.05, 4.69) is 10.3 Å². The topological polar surface area (TPSA) is 71.5 Å². The Balaban J connectivity index is 2.18. The number of hydrogen-bond acceptors (Lipinski definition) is 4. The number of nitrogens with zero attached hydrogens (tertiary/aromatic N) is 1. The van der Waals surface area contributed by atoms with E-state index in [1.54, 1.807) is 20.1 Å². The summed E-state index contributed by atoms with van der Waals surface area (Å²) < 4.78 is 5.13. The highest BCUT2D eigenvalue weighted by molar-refractivity contribution is 5.88. The molecule has 5 nitrogen and oxygen atoms in total. The van der Waals surface area contributed by atoms with Gasteiger partial charge in [-0.2, -0.15) is 0 Å². The van der Waals surface area contributed by atoms with Crippen LogP contribution in [0.15, 0.2) is 36.4 Å². The lowest BCUT2D eigenvalue weighted by molar-refractivity contribution is 0.0696. The van der Waals surface area contributed by atoms with Gasteiger partial charge in [-0.1, -0.05) is 12.1 Å². The van der Waals surface area contributed by atoms with Gasteiger partial charge in [-0.15, -0.1) is 0 Å². The molecule has 0 spiro atoms. The van der Waals surface area contributed by atoms with E-state index in [4.69, 9.17) is 9.84 Å². The Morgan fingerprint density at radius 2 is 1.95 bits per heavy atom. The molecule has 2 aromatic rings. The van der Waals surface area contributed by atoms with Gasteiger partial charge in [0.05, 0.1) is 12.7 Å². The van der Waals surface area contributed by atoms with E-state index in [0.717, 1.165) is 11.3 Å². The third-order valence-electron chi connectivity index (χ3n) is 3.18. The number of nitrogens with one attached hydrogen (secondary N) is 1. The summed E-state index contributed by atoms with van der Waals surface area (Å²) in [5, 5.41) is 12.3. The van der Waals surface area contributed by atoms with Crippen LogP contribution in [-0.2, 0) is 0 Å². The normalized spacial score (nSPS) is 11.8.